The van der Waals surface area contributed by atoms with Gasteiger partial charge in [-0.2, -0.15) is 5.06 Å². The standard InChI is InChI=1S/C17H23NO5/c1-16(2)8-10(9-17(3,4)18(16)23)13-11(14(19)20)6-5-7-12(13)15(21)22/h5-7,10,23H,8-9H2,1-4H3,(H,19,20)(H,21,22). The molecule has 1 saturated heterocycles. The number of hydroxylamine groups is 2. The minimum Gasteiger partial charge on any atom is -0.478 e. The van der Waals surface area contributed by atoms with E-state index in [2.05, 4.69) is 0 Å². The number of aromatic carboxylic acids is 2. The quantitative estimate of drug-likeness (QED) is 0.791. The molecule has 1 aliphatic heterocycles. The number of benzene rings is 1. The summed E-state index contributed by atoms with van der Waals surface area (Å²) in [5.41, 5.74) is -0.788. The largest absolute Gasteiger partial charge is 0.478 e. The first-order valence-electron chi connectivity index (χ1n) is 7.56. The Labute approximate surface area is 135 Å². The molecule has 0 atom stereocenters. The Hall–Kier alpha value is -1.92. The van der Waals surface area contributed by atoms with Crippen molar-refractivity contribution >= 4 is 11.9 Å². The Morgan fingerprint density at radius 2 is 1.39 bits per heavy atom. The van der Waals surface area contributed by atoms with Crippen LogP contribution in [0.25, 0.3) is 0 Å². The molecule has 0 amide bonds. The highest BCUT2D eigenvalue weighted by Crippen LogP contribution is 2.46. The highest BCUT2D eigenvalue weighted by Gasteiger charge is 2.46. The first-order chi connectivity index (χ1) is 10.5. The van der Waals surface area contributed by atoms with Crippen LogP contribution in [0.4, 0.5) is 0 Å². The zero-order valence-corrected chi connectivity index (χ0v) is 13.8. The molecule has 0 radical (unpaired) electrons. The van der Waals surface area contributed by atoms with Gasteiger partial charge in [-0.3, -0.25) is 0 Å². The second-order valence-corrected chi connectivity index (χ2v) is 7.42. The summed E-state index contributed by atoms with van der Waals surface area (Å²) in [5, 5.41) is 30.6. The number of carboxylic acids is 2. The van der Waals surface area contributed by atoms with Crippen LogP contribution in [0.3, 0.4) is 0 Å². The second kappa shape index (κ2) is 5.62. The van der Waals surface area contributed by atoms with Crippen molar-refractivity contribution < 1.29 is 25.0 Å². The molecule has 0 unspecified atom stereocenters. The molecule has 0 saturated carbocycles. The Morgan fingerprint density at radius 3 is 1.74 bits per heavy atom. The van der Waals surface area contributed by atoms with Crippen LogP contribution in [0.5, 0.6) is 0 Å². The maximum Gasteiger partial charge on any atom is 0.335 e. The zero-order chi connectivity index (χ0) is 17.6. The van der Waals surface area contributed by atoms with Gasteiger partial charge in [0.05, 0.1) is 11.1 Å². The van der Waals surface area contributed by atoms with Crippen molar-refractivity contribution in [2.45, 2.75) is 57.5 Å². The predicted molar refractivity (Wildman–Crippen MR) is 84.1 cm³/mol. The molecular weight excluding hydrogens is 298 g/mol. The molecule has 1 fully saturated rings. The highest BCUT2D eigenvalue weighted by molar-refractivity contribution is 5.97. The topological polar surface area (TPSA) is 98.1 Å². The summed E-state index contributed by atoms with van der Waals surface area (Å²) in [6, 6.07) is 4.33. The fourth-order valence-electron chi connectivity index (χ4n) is 3.85. The molecule has 1 heterocycles. The summed E-state index contributed by atoms with van der Waals surface area (Å²) in [4.78, 5) is 23.1. The lowest BCUT2D eigenvalue weighted by molar-refractivity contribution is -0.245. The highest BCUT2D eigenvalue weighted by atomic mass is 16.5. The fourth-order valence-corrected chi connectivity index (χ4v) is 3.85. The maximum absolute atomic E-state index is 11.6. The number of piperidine rings is 1. The van der Waals surface area contributed by atoms with Gasteiger partial charge in [0.25, 0.3) is 0 Å². The Kier molecular flexibility index (Phi) is 4.26. The molecule has 6 nitrogen and oxygen atoms in total. The van der Waals surface area contributed by atoms with Crippen LogP contribution in [0.15, 0.2) is 18.2 Å². The van der Waals surface area contributed by atoms with E-state index in [0.717, 1.165) is 0 Å². The van der Waals surface area contributed by atoms with E-state index in [1.165, 1.54) is 23.3 Å². The maximum atomic E-state index is 11.6. The molecule has 3 N–H and O–H groups in total. The van der Waals surface area contributed by atoms with Gasteiger partial charge in [-0.05, 0) is 64.2 Å². The van der Waals surface area contributed by atoms with Crippen molar-refractivity contribution in [3.8, 4) is 0 Å². The lowest BCUT2D eigenvalue weighted by atomic mass is 9.71. The van der Waals surface area contributed by atoms with Crippen LogP contribution in [0.2, 0.25) is 0 Å². The van der Waals surface area contributed by atoms with Crippen LogP contribution < -0.4 is 0 Å². The lowest BCUT2D eigenvalue weighted by Crippen LogP contribution is -2.58. The summed E-state index contributed by atoms with van der Waals surface area (Å²) in [7, 11) is 0. The van der Waals surface area contributed by atoms with Crippen LogP contribution in [-0.2, 0) is 0 Å². The molecule has 126 valence electrons. The second-order valence-electron chi connectivity index (χ2n) is 7.42. The fraction of sp³-hybridized carbons (Fsp3) is 0.529. The van der Waals surface area contributed by atoms with Gasteiger partial charge < -0.3 is 15.4 Å². The van der Waals surface area contributed by atoms with Crippen LogP contribution >= 0.6 is 0 Å². The number of hydrogen-bond acceptors (Lipinski definition) is 4. The molecule has 0 bridgehead atoms. The Balaban J connectivity index is 2.61. The minimum atomic E-state index is -1.13. The zero-order valence-electron chi connectivity index (χ0n) is 13.8. The third-order valence-corrected chi connectivity index (χ3v) is 4.61. The molecule has 0 aliphatic carbocycles. The van der Waals surface area contributed by atoms with Gasteiger partial charge in [-0.15, -0.1) is 0 Å². The molecule has 0 aromatic heterocycles. The number of hydrogen-bond donors (Lipinski definition) is 3. The molecule has 1 aromatic rings. The lowest BCUT2D eigenvalue weighted by Gasteiger charge is -2.52. The minimum absolute atomic E-state index is 0.0212. The summed E-state index contributed by atoms with van der Waals surface area (Å²) < 4.78 is 0. The van der Waals surface area contributed by atoms with Crippen molar-refractivity contribution in [2.24, 2.45) is 0 Å². The molecular formula is C17H23NO5. The van der Waals surface area contributed by atoms with Gasteiger partial charge in [0, 0.05) is 11.1 Å². The molecule has 0 spiro atoms. The van der Waals surface area contributed by atoms with Gasteiger partial charge in [0.15, 0.2) is 0 Å². The van der Waals surface area contributed by atoms with Crippen molar-refractivity contribution in [1.29, 1.82) is 0 Å². The summed E-state index contributed by atoms with van der Waals surface area (Å²) in [6.07, 6.45) is 0.939. The first kappa shape index (κ1) is 17.4. The van der Waals surface area contributed by atoms with E-state index in [1.54, 1.807) is 0 Å². The summed E-state index contributed by atoms with van der Waals surface area (Å²) in [5.74, 6) is -2.53. The molecule has 23 heavy (non-hydrogen) atoms. The molecule has 6 heteroatoms. The van der Waals surface area contributed by atoms with E-state index in [9.17, 15) is 25.0 Å². The molecule has 1 aliphatic rings. The average Bonchev–Trinajstić information content (AvgIpc) is 2.43. The Morgan fingerprint density at radius 1 is 1.00 bits per heavy atom. The van der Waals surface area contributed by atoms with E-state index in [0.29, 0.717) is 18.4 Å². The molecule has 2 rings (SSSR count). The smallest absolute Gasteiger partial charge is 0.335 e. The van der Waals surface area contributed by atoms with Crippen LogP contribution in [0.1, 0.15) is 72.7 Å². The number of carbonyl (C=O) groups is 2. The third kappa shape index (κ3) is 3.09. The van der Waals surface area contributed by atoms with E-state index >= 15 is 0 Å². The summed E-state index contributed by atoms with van der Waals surface area (Å²) >= 11 is 0. The normalized spacial score (nSPS) is 21.1. The average molecular weight is 321 g/mol. The number of nitrogens with zero attached hydrogens (tertiary/aromatic N) is 1. The van der Waals surface area contributed by atoms with E-state index in [1.807, 2.05) is 27.7 Å². The van der Waals surface area contributed by atoms with E-state index < -0.39 is 23.0 Å². The van der Waals surface area contributed by atoms with Gasteiger partial charge in [0.2, 0.25) is 0 Å². The predicted octanol–water partition coefficient (Wildman–Crippen LogP) is 3.21. The first-order valence-corrected chi connectivity index (χ1v) is 7.56. The SMILES string of the molecule is CC1(C)CC(c2c(C(=O)O)cccc2C(=O)O)CC(C)(C)N1O. The van der Waals surface area contributed by atoms with E-state index in [-0.39, 0.29) is 17.0 Å². The van der Waals surface area contributed by atoms with Gasteiger partial charge >= 0.3 is 11.9 Å². The van der Waals surface area contributed by atoms with Crippen molar-refractivity contribution in [1.82, 2.24) is 5.06 Å². The van der Waals surface area contributed by atoms with Gasteiger partial charge in [-0.1, -0.05) is 6.07 Å². The van der Waals surface area contributed by atoms with Crippen LogP contribution in [0, 0.1) is 0 Å². The molecule has 1 aromatic carbocycles. The van der Waals surface area contributed by atoms with Crippen molar-refractivity contribution in [2.75, 3.05) is 0 Å². The van der Waals surface area contributed by atoms with E-state index in [4.69, 9.17) is 0 Å². The van der Waals surface area contributed by atoms with Crippen LogP contribution in [-0.4, -0.2) is 43.5 Å². The summed E-state index contributed by atoms with van der Waals surface area (Å²) in [6.45, 7) is 7.46. The number of rotatable bonds is 3. The van der Waals surface area contributed by atoms with Crippen molar-refractivity contribution in [3.05, 3.63) is 34.9 Å². The Bertz CT molecular complexity index is 600. The van der Waals surface area contributed by atoms with Crippen molar-refractivity contribution in [3.63, 3.8) is 0 Å². The monoisotopic (exact) mass is 321 g/mol. The van der Waals surface area contributed by atoms with Gasteiger partial charge in [-0.25, -0.2) is 9.59 Å². The van der Waals surface area contributed by atoms with Gasteiger partial charge in [0.1, 0.15) is 0 Å². The number of carboxylic acid groups (broad SMARTS) is 2. The third-order valence-electron chi connectivity index (χ3n) is 4.61.